The SMILES string of the molecule is CNCC(=Cc1cnc2[nH]ccc2n1)B1OC(C)(C)C(C)(C)O1. The quantitative estimate of drug-likeness (QED) is 0.847. The van der Waals surface area contributed by atoms with E-state index in [0.717, 1.165) is 22.3 Å². The van der Waals surface area contributed by atoms with Gasteiger partial charge in [-0.25, -0.2) is 9.97 Å². The zero-order valence-electron chi connectivity index (χ0n) is 14.3. The van der Waals surface area contributed by atoms with E-state index in [0.29, 0.717) is 6.54 Å². The van der Waals surface area contributed by atoms with Crippen LogP contribution in [-0.4, -0.2) is 46.9 Å². The summed E-state index contributed by atoms with van der Waals surface area (Å²) < 4.78 is 12.3. The standard InChI is InChI=1S/C16H23BN4O2/c1-15(2)16(3,4)23-17(22-15)11(9-18-5)8-12-10-20-14-13(21-12)6-7-19-14/h6-8,10,18H,9H2,1-5H3,(H,19,20). The lowest BCUT2D eigenvalue weighted by molar-refractivity contribution is 0.00578. The Morgan fingerprint density at radius 1 is 1.30 bits per heavy atom. The van der Waals surface area contributed by atoms with E-state index in [-0.39, 0.29) is 11.2 Å². The van der Waals surface area contributed by atoms with Gasteiger partial charge in [0.1, 0.15) is 5.52 Å². The largest absolute Gasteiger partial charge is 0.491 e. The van der Waals surface area contributed by atoms with Gasteiger partial charge in [0, 0.05) is 12.7 Å². The first-order chi connectivity index (χ1) is 10.8. The molecule has 0 radical (unpaired) electrons. The van der Waals surface area contributed by atoms with Crippen LogP contribution in [0.3, 0.4) is 0 Å². The second-order valence-corrected chi connectivity index (χ2v) is 6.84. The summed E-state index contributed by atoms with van der Waals surface area (Å²) in [4.78, 5) is 12.0. The average molecular weight is 314 g/mol. The van der Waals surface area contributed by atoms with E-state index in [1.165, 1.54) is 0 Å². The fourth-order valence-electron chi connectivity index (χ4n) is 2.51. The van der Waals surface area contributed by atoms with E-state index in [2.05, 4.69) is 48.0 Å². The second kappa shape index (κ2) is 5.74. The highest BCUT2D eigenvalue weighted by Crippen LogP contribution is 2.38. The third-order valence-corrected chi connectivity index (χ3v) is 4.55. The Morgan fingerprint density at radius 2 is 2.00 bits per heavy atom. The smallest absolute Gasteiger partial charge is 0.400 e. The summed E-state index contributed by atoms with van der Waals surface area (Å²) in [6.45, 7) is 8.86. The molecule has 2 N–H and O–H groups in total. The first-order valence-corrected chi connectivity index (χ1v) is 7.83. The van der Waals surface area contributed by atoms with Crippen LogP contribution in [0.2, 0.25) is 0 Å². The average Bonchev–Trinajstić information content (AvgIpc) is 3.00. The number of likely N-dealkylation sites (N-methyl/N-ethyl adjacent to an activating group) is 1. The Bertz CT molecular complexity index is 723. The van der Waals surface area contributed by atoms with Crippen molar-refractivity contribution in [3.05, 3.63) is 29.6 Å². The Labute approximate surface area is 136 Å². The fraction of sp³-hybridized carbons (Fsp3) is 0.500. The predicted molar refractivity (Wildman–Crippen MR) is 91.9 cm³/mol. The molecule has 0 aromatic carbocycles. The van der Waals surface area contributed by atoms with E-state index in [9.17, 15) is 0 Å². The molecule has 0 amide bonds. The third-order valence-electron chi connectivity index (χ3n) is 4.55. The molecule has 0 spiro atoms. The molecule has 1 aliphatic rings. The summed E-state index contributed by atoms with van der Waals surface area (Å²) in [5.74, 6) is 0. The van der Waals surface area contributed by atoms with Crippen LogP contribution in [0.15, 0.2) is 23.9 Å². The lowest BCUT2D eigenvalue weighted by Crippen LogP contribution is -2.41. The van der Waals surface area contributed by atoms with Crippen LogP contribution in [0.5, 0.6) is 0 Å². The minimum absolute atomic E-state index is 0.360. The second-order valence-electron chi connectivity index (χ2n) is 6.84. The fourth-order valence-corrected chi connectivity index (χ4v) is 2.51. The van der Waals surface area contributed by atoms with Crippen molar-refractivity contribution < 1.29 is 9.31 Å². The van der Waals surface area contributed by atoms with Crippen molar-refractivity contribution in [2.45, 2.75) is 38.9 Å². The molecule has 0 atom stereocenters. The number of hydrogen-bond donors (Lipinski definition) is 2. The monoisotopic (exact) mass is 314 g/mol. The number of aromatic amines is 1. The predicted octanol–water partition coefficient (Wildman–Crippen LogP) is 2.19. The van der Waals surface area contributed by atoms with Gasteiger partial charge in [0.25, 0.3) is 0 Å². The molecule has 3 heterocycles. The van der Waals surface area contributed by atoms with Gasteiger partial charge in [-0.3, -0.25) is 0 Å². The highest BCUT2D eigenvalue weighted by Gasteiger charge is 2.52. The number of rotatable bonds is 4. The van der Waals surface area contributed by atoms with Crippen LogP contribution in [0.1, 0.15) is 33.4 Å². The van der Waals surface area contributed by atoms with Crippen LogP contribution in [0.25, 0.3) is 17.2 Å². The van der Waals surface area contributed by atoms with Crippen molar-refractivity contribution in [1.82, 2.24) is 20.3 Å². The Hall–Kier alpha value is -1.70. The highest BCUT2D eigenvalue weighted by atomic mass is 16.7. The summed E-state index contributed by atoms with van der Waals surface area (Å²) in [5.41, 5.74) is 2.69. The molecule has 2 aromatic rings. The molecule has 3 rings (SSSR count). The van der Waals surface area contributed by atoms with E-state index < -0.39 is 7.12 Å². The van der Waals surface area contributed by atoms with E-state index in [1.807, 2.05) is 25.4 Å². The van der Waals surface area contributed by atoms with E-state index >= 15 is 0 Å². The molecular formula is C16H23BN4O2. The maximum absolute atomic E-state index is 6.14. The van der Waals surface area contributed by atoms with E-state index in [1.54, 1.807) is 6.20 Å². The van der Waals surface area contributed by atoms with Gasteiger partial charge in [-0.1, -0.05) is 0 Å². The molecule has 23 heavy (non-hydrogen) atoms. The van der Waals surface area contributed by atoms with Gasteiger partial charge in [-0.15, -0.1) is 0 Å². The molecule has 1 saturated heterocycles. The Kier molecular flexibility index (Phi) is 4.04. The molecule has 0 aliphatic carbocycles. The van der Waals surface area contributed by atoms with Crippen molar-refractivity contribution in [2.24, 2.45) is 0 Å². The molecule has 0 unspecified atom stereocenters. The topological polar surface area (TPSA) is 72.1 Å². The molecule has 122 valence electrons. The number of nitrogens with zero attached hydrogens (tertiary/aromatic N) is 2. The van der Waals surface area contributed by atoms with Gasteiger partial charge in [-0.2, -0.15) is 0 Å². The van der Waals surface area contributed by atoms with Crippen molar-refractivity contribution in [3.8, 4) is 0 Å². The number of hydrogen-bond acceptors (Lipinski definition) is 5. The van der Waals surface area contributed by atoms with Gasteiger partial charge < -0.3 is 19.6 Å². The van der Waals surface area contributed by atoms with Crippen molar-refractivity contribution in [2.75, 3.05) is 13.6 Å². The van der Waals surface area contributed by atoms with Crippen molar-refractivity contribution in [1.29, 1.82) is 0 Å². The molecule has 0 bridgehead atoms. The zero-order chi connectivity index (χ0) is 16.7. The van der Waals surface area contributed by atoms with Crippen LogP contribution >= 0.6 is 0 Å². The van der Waals surface area contributed by atoms with Crippen LogP contribution in [0.4, 0.5) is 0 Å². The Morgan fingerprint density at radius 3 is 2.65 bits per heavy atom. The number of nitrogens with one attached hydrogen (secondary N) is 2. The van der Waals surface area contributed by atoms with E-state index in [4.69, 9.17) is 9.31 Å². The molecule has 6 nitrogen and oxygen atoms in total. The molecule has 1 aliphatic heterocycles. The van der Waals surface area contributed by atoms with Crippen LogP contribution in [-0.2, 0) is 9.31 Å². The third kappa shape index (κ3) is 3.04. The molecule has 0 saturated carbocycles. The lowest BCUT2D eigenvalue weighted by Gasteiger charge is -2.32. The van der Waals surface area contributed by atoms with Gasteiger partial charge in [-0.05, 0) is 52.4 Å². The maximum atomic E-state index is 6.14. The van der Waals surface area contributed by atoms with Crippen molar-refractivity contribution in [3.63, 3.8) is 0 Å². The minimum Gasteiger partial charge on any atom is -0.400 e. The summed E-state index contributed by atoms with van der Waals surface area (Å²) in [6.07, 6.45) is 5.57. The number of H-pyrrole nitrogens is 1. The minimum atomic E-state index is -0.392. The summed E-state index contributed by atoms with van der Waals surface area (Å²) in [5, 5.41) is 3.17. The summed E-state index contributed by atoms with van der Waals surface area (Å²) >= 11 is 0. The maximum Gasteiger partial charge on any atom is 0.491 e. The summed E-state index contributed by atoms with van der Waals surface area (Å²) in [7, 11) is 1.51. The van der Waals surface area contributed by atoms with Crippen molar-refractivity contribution >= 4 is 24.4 Å². The van der Waals surface area contributed by atoms with Gasteiger partial charge >= 0.3 is 7.12 Å². The first-order valence-electron chi connectivity index (χ1n) is 7.83. The molecule has 2 aromatic heterocycles. The molecule has 7 heteroatoms. The van der Waals surface area contributed by atoms with Gasteiger partial charge in [0.2, 0.25) is 0 Å². The number of fused-ring (bicyclic) bond motifs is 1. The van der Waals surface area contributed by atoms with Gasteiger partial charge in [0.05, 0.1) is 23.1 Å². The first kappa shape index (κ1) is 16.2. The molecular weight excluding hydrogens is 291 g/mol. The van der Waals surface area contributed by atoms with Gasteiger partial charge in [0.15, 0.2) is 5.65 Å². The summed E-state index contributed by atoms with van der Waals surface area (Å²) in [6, 6.07) is 1.91. The van der Waals surface area contributed by atoms with Crippen LogP contribution in [0, 0.1) is 0 Å². The van der Waals surface area contributed by atoms with Crippen LogP contribution < -0.4 is 5.32 Å². The normalized spacial score (nSPS) is 20.4. The number of aromatic nitrogens is 3. The molecule has 1 fully saturated rings. The Balaban J connectivity index is 1.92. The zero-order valence-corrected chi connectivity index (χ0v) is 14.3. The lowest BCUT2D eigenvalue weighted by atomic mass is 9.77. The highest BCUT2D eigenvalue weighted by molar-refractivity contribution is 6.55.